The fourth-order valence-corrected chi connectivity index (χ4v) is 6.52. The molecule has 0 amide bonds. The van der Waals surface area contributed by atoms with Crippen molar-refractivity contribution in [1.82, 2.24) is 0 Å². The van der Waals surface area contributed by atoms with Crippen LogP contribution >= 0.6 is 22.7 Å². The Hall–Kier alpha value is -0.600. The van der Waals surface area contributed by atoms with Crippen LogP contribution in [0, 0.1) is 0 Å². The number of hydrogen-bond donors (Lipinski definition) is 0. The number of thiophene rings is 2. The molecule has 2 aromatic rings. The Morgan fingerprint density at radius 3 is 1.72 bits per heavy atom. The van der Waals surface area contributed by atoms with E-state index in [2.05, 4.69) is 69.4 Å². The summed E-state index contributed by atoms with van der Waals surface area (Å²) in [5, 5.41) is 0. The zero-order valence-corrected chi connectivity index (χ0v) is 18.3. The zero-order chi connectivity index (χ0) is 18.0. The van der Waals surface area contributed by atoms with E-state index in [-0.39, 0.29) is 0 Å². The topological polar surface area (TPSA) is 0 Å². The highest BCUT2D eigenvalue weighted by Crippen LogP contribution is 2.55. The monoisotopic (exact) mass is 374 g/mol. The van der Waals surface area contributed by atoms with E-state index >= 15 is 0 Å². The molecule has 0 aromatic carbocycles. The molecule has 0 N–H and O–H groups in total. The minimum Gasteiger partial charge on any atom is -0.139 e. The van der Waals surface area contributed by atoms with Gasteiger partial charge in [-0.1, -0.05) is 73.1 Å². The van der Waals surface area contributed by atoms with Gasteiger partial charge >= 0.3 is 0 Å². The van der Waals surface area contributed by atoms with E-state index in [9.17, 15) is 0 Å². The largest absolute Gasteiger partial charge is 0.139 e. The molecule has 0 bridgehead atoms. The molecule has 2 heterocycles. The first-order chi connectivity index (χ1) is 12.0. The van der Waals surface area contributed by atoms with E-state index in [1.54, 1.807) is 30.6 Å². The average molecular weight is 375 g/mol. The highest BCUT2D eigenvalue weighted by molar-refractivity contribution is 7.22. The van der Waals surface area contributed by atoms with E-state index in [4.69, 9.17) is 0 Å². The van der Waals surface area contributed by atoms with E-state index in [1.165, 1.54) is 44.9 Å². The fourth-order valence-electron chi connectivity index (χ4n) is 3.90. The van der Waals surface area contributed by atoms with Crippen LogP contribution in [0.15, 0.2) is 12.1 Å². The molecule has 0 aliphatic heterocycles. The number of fused-ring (bicyclic) bond motifs is 3. The lowest BCUT2D eigenvalue weighted by molar-refractivity contribution is 0.571. The second-order valence-corrected chi connectivity index (χ2v) is 10.5. The van der Waals surface area contributed by atoms with Crippen LogP contribution in [-0.2, 0) is 0 Å². The molecule has 138 valence electrons. The van der Waals surface area contributed by atoms with Crippen LogP contribution in [0.1, 0.15) is 118 Å². The first-order valence-corrected chi connectivity index (χ1v) is 11.9. The van der Waals surface area contributed by atoms with Crippen LogP contribution in [0.25, 0.3) is 9.75 Å². The minimum atomic E-state index is 0.651. The Morgan fingerprint density at radius 2 is 1.24 bits per heavy atom. The predicted molar refractivity (Wildman–Crippen MR) is 116 cm³/mol. The van der Waals surface area contributed by atoms with Gasteiger partial charge in [0.25, 0.3) is 0 Å². The Kier molecular flexibility index (Phi) is 6.44. The lowest BCUT2D eigenvalue weighted by Gasteiger charge is -2.12. The van der Waals surface area contributed by atoms with E-state index < -0.39 is 0 Å². The first kappa shape index (κ1) is 19.2. The molecule has 2 heteroatoms. The zero-order valence-electron chi connectivity index (χ0n) is 16.7. The minimum absolute atomic E-state index is 0.651. The van der Waals surface area contributed by atoms with Gasteiger partial charge in [0.1, 0.15) is 0 Å². The van der Waals surface area contributed by atoms with Crippen molar-refractivity contribution in [1.29, 1.82) is 0 Å². The van der Waals surface area contributed by atoms with Crippen LogP contribution in [0.4, 0.5) is 0 Å². The van der Waals surface area contributed by atoms with Gasteiger partial charge in [0.2, 0.25) is 0 Å². The van der Waals surface area contributed by atoms with Crippen LogP contribution in [0.5, 0.6) is 0 Å². The molecule has 0 nitrogen and oxygen atoms in total. The van der Waals surface area contributed by atoms with E-state index in [0.717, 1.165) is 0 Å². The number of hydrogen-bond acceptors (Lipinski definition) is 2. The van der Waals surface area contributed by atoms with E-state index in [1.807, 2.05) is 0 Å². The summed E-state index contributed by atoms with van der Waals surface area (Å²) in [6.07, 6.45) is 9.72. The summed E-state index contributed by atoms with van der Waals surface area (Å²) in [5.74, 6) is 1.97. The number of rotatable bonds is 9. The van der Waals surface area contributed by atoms with Crippen molar-refractivity contribution < 1.29 is 0 Å². The molecule has 1 aliphatic rings. The molecule has 0 radical (unpaired) electrons. The summed E-state index contributed by atoms with van der Waals surface area (Å²) in [7, 11) is 0. The second-order valence-electron chi connectivity index (χ2n) is 8.28. The summed E-state index contributed by atoms with van der Waals surface area (Å²) < 4.78 is 0. The molecule has 0 atom stereocenters. The van der Waals surface area contributed by atoms with Crippen LogP contribution in [-0.4, -0.2) is 0 Å². The van der Waals surface area contributed by atoms with Crippen molar-refractivity contribution in [3.05, 3.63) is 33.0 Å². The summed E-state index contributed by atoms with van der Waals surface area (Å²) in [4.78, 5) is 6.35. The highest BCUT2D eigenvalue weighted by atomic mass is 32.1. The Bertz CT molecular complexity index is 635. The third-order valence-electron chi connectivity index (χ3n) is 5.50. The fraction of sp³-hybridized carbons (Fsp3) is 0.652. The molecule has 3 rings (SSSR count). The molecule has 0 unspecified atom stereocenters. The van der Waals surface area contributed by atoms with Gasteiger partial charge in [-0.05, 0) is 41.5 Å². The quantitative estimate of drug-likeness (QED) is 0.384. The first-order valence-electron chi connectivity index (χ1n) is 10.3. The van der Waals surface area contributed by atoms with Gasteiger partial charge in [0, 0.05) is 25.4 Å². The van der Waals surface area contributed by atoms with Gasteiger partial charge in [0.05, 0.1) is 0 Å². The third kappa shape index (κ3) is 4.06. The molecule has 1 aliphatic carbocycles. The van der Waals surface area contributed by atoms with Crippen LogP contribution in [0.3, 0.4) is 0 Å². The van der Waals surface area contributed by atoms with Gasteiger partial charge in [-0.2, -0.15) is 0 Å². The van der Waals surface area contributed by atoms with Gasteiger partial charge in [0.15, 0.2) is 0 Å². The van der Waals surface area contributed by atoms with E-state index in [0.29, 0.717) is 17.8 Å². The Labute approximate surface area is 162 Å². The highest BCUT2D eigenvalue weighted by Gasteiger charge is 2.33. The molecular formula is C23H34S2. The van der Waals surface area contributed by atoms with Crippen molar-refractivity contribution in [2.45, 2.75) is 97.3 Å². The van der Waals surface area contributed by atoms with Crippen molar-refractivity contribution >= 4 is 22.7 Å². The number of unbranched alkanes of at least 4 members (excludes halogenated alkanes) is 5. The van der Waals surface area contributed by atoms with Crippen molar-refractivity contribution in [3.63, 3.8) is 0 Å². The van der Waals surface area contributed by atoms with Crippen LogP contribution < -0.4 is 0 Å². The maximum absolute atomic E-state index is 2.54. The predicted octanol–water partition coefficient (Wildman–Crippen LogP) is 8.92. The lowest BCUT2D eigenvalue weighted by Crippen LogP contribution is -1.96. The van der Waals surface area contributed by atoms with Gasteiger partial charge in [-0.15, -0.1) is 22.7 Å². The van der Waals surface area contributed by atoms with Crippen LogP contribution in [0.2, 0.25) is 0 Å². The van der Waals surface area contributed by atoms with Gasteiger partial charge < -0.3 is 0 Å². The molecular weight excluding hydrogens is 340 g/mol. The molecule has 0 fully saturated rings. The molecule has 0 saturated heterocycles. The van der Waals surface area contributed by atoms with Gasteiger partial charge in [-0.3, -0.25) is 0 Å². The summed E-state index contributed by atoms with van der Waals surface area (Å²) in [5.41, 5.74) is 3.30. The Morgan fingerprint density at radius 1 is 0.760 bits per heavy atom. The average Bonchev–Trinajstić information content (AvgIpc) is 3.22. The summed E-state index contributed by atoms with van der Waals surface area (Å²) in [6.45, 7) is 11.6. The summed E-state index contributed by atoms with van der Waals surface area (Å²) in [6, 6.07) is 5.07. The third-order valence-corrected chi connectivity index (χ3v) is 8.57. The Balaban J connectivity index is 1.78. The lowest BCUT2D eigenvalue weighted by atomic mass is 9.91. The maximum Gasteiger partial charge on any atom is 0.0486 e. The maximum atomic E-state index is 2.54. The smallest absolute Gasteiger partial charge is 0.0486 e. The standard InChI is InChI=1S/C23H34S2/c1-6-7-8-9-10-11-12-17-18-13-20(15(2)3)24-22(18)23-19(17)14-21(25-23)16(4)5/h13-17H,6-12H2,1-5H3. The van der Waals surface area contributed by atoms with Crippen molar-refractivity contribution in [3.8, 4) is 9.75 Å². The normalized spacial score (nSPS) is 13.9. The SMILES string of the molecule is CCCCCCCCC1c2cc(C(C)C)sc2-c2sc(C(C)C)cc21. The molecule has 0 saturated carbocycles. The van der Waals surface area contributed by atoms with Gasteiger partial charge in [-0.25, -0.2) is 0 Å². The van der Waals surface area contributed by atoms with Crippen molar-refractivity contribution in [2.75, 3.05) is 0 Å². The molecule has 25 heavy (non-hydrogen) atoms. The second kappa shape index (κ2) is 8.39. The molecule has 0 spiro atoms. The summed E-state index contributed by atoms with van der Waals surface area (Å²) >= 11 is 4.12. The van der Waals surface area contributed by atoms with Crippen molar-refractivity contribution in [2.24, 2.45) is 0 Å². The molecule has 2 aromatic heterocycles.